The number of aromatic nitrogens is 3. The van der Waals surface area contributed by atoms with Crippen LogP contribution < -0.4 is 4.90 Å². The van der Waals surface area contributed by atoms with Gasteiger partial charge in [0.1, 0.15) is 11.6 Å². The van der Waals surface area contributed by atoms with Crippen LogP contribution in [-0.4, -0.2) is 28.0 Å². The van der Waals surface area contributed by atoms with Crippen LogP contribution in [0.15, 0.2) is 65.3 Å². The summed E-state index contributed by atoms with van der Waals surface area (Å²) in [4.78, 5) is 2.47. The van der Waals surface area contributed by atoms with Gasteiger partial charge < -0.3 is 9.42 Å². The molecule has 0 radical (unpaired) electrons. The molecule has 2 aliphatic carbocycles. The highest BCUT2D eigenvalue weighted by molar-refractivity contribution is 5.66. The fourth-order valence-corrected chi connectivity index (χ4v) is 7.62. The monoisotopic (exact) mass is 496 g/mol. The molecule has 3 aliphatic rings. The first kappa shape index (κ1) is 22.8. The summed E-state index contributed by atoms with van der Waals surface area (Å²) in [6.07, 6.45) is 6.79. The summed E-state index contributed by atoms with van der Waals surface area (Å²) >= 11 is 0. The molecule has 1 fully saturated rings. The number of halogens is 1. The van der Waals surface area contributed by atoms with Crippen molar-refractivity contribution in [2.45, 2.75) is 63.3 Å². The van der Waals surface area contributed by atoms with E-state index in [2.05, 4.69) is 58.9 Å². The van der Waals surface area contributed by atoms with Crippen LogP contribution in [0.1, 0.15) is 67.7 Å². The predicted molar refractivity (Wildman–Crippen MR) is 142 cm³/mol. The van der Waals surface area contributed by atoms with E-state index in [0.29, 0.717) is 23.4 Å². The summed E-state index contributed by atoms with van der Waals surface area (Å²) in [7, 11) is 0. The van der Waals surface area contributed by atoms with Gasteiger partial charge in [-0.05, 0) is 62.3 Å². The van der Waals surface area contributed by atoms with E-state index >= 15 is 4.39 Å². The lowest BCUT2D eigenvalue weighted by atomic mass is 9.56. The summed E-state index contributed by atoms with van der Waals surface area (Å²) in [5.74, 6) is 1.58. The van der Waals surface area contributed by atoms with Crippen molar-refractivity contribution in [2.75, 3.05) is 18.0 Å². The Balaban J connectivity index is 1.33. The van der Waals surface area contributed by atoms with Crippen LogP contribution in [-0.2, 0) is 18.3 Å². The highest BCUT2D eigenvalue weighted by Crippen LogP contribution is 2.55. The van der Waals surface area contributed by atoms with Gasteiger partial charge in [0.25, 0.3) is 0 Å². The molecular weight excluding hydrogens is 463 g/mol. The van der Waals surface area contributed by atoms with Gasteiger partial charge in [-0.25, -0.2) is 4.39 Å². The zero-order valence-electron chi connectivity index (χ0n) is 21.5. The van der Waals surface area contributed by atoms with E-state index in [1.54, 1.807) is 12.1 Å². The maximum Gasteiger partial charge on any atom is 0.143 e. The molecule has 190 valence electrons. The third-order valence-corrected chi connectivity index (χ3v) is 9.38. The highest BCUT2D eigenvalue weighted by Gasteiger charge is 2.52. The number of rotatable bonds is 3. The fraction of sp³-hybridized carbons (Fsp3) is 0.419. The maximum atomic E-state index is 15.1. The third kappa shape index (κ3) is 3.48. The zero-order valence-corrected chi connectivity index (χ0v) is 21.5. The quantitative estimate of drug-likeness (QED) is 0.317. The van der Waals surface area contributed by atoms with Crippen molar-refractivity contribution in [3.8, 4) is 11.3 Å². The number of fused-ring (bicyclic) bond motifs is 4. The third-order valence-electron chi connectivity index (χ3n) is 9.38. The Kier molecular flexibility index (Phi) is 5.27. The van der Waals surface area contributed by atoms with Crippen LogP contribution >= 0.6 is 0 Å². The van der Waals surface area contributed by atoms with Crippen LogP contribution in [0.25, 0.3) is 11.3 Å². The Morgan fingerprint density at radius 1 is 1.00 bits per heavy atom. The van der Waals surface area contributed by atoms with Crippen LogP contribution in [0, 0.1) is 11.7 Å². The molecule has 37 heavy (non-hydrogen) atoms. The van der Waals surface area contributed by atoms with Crippen LogP contribution in [0.5, 0.6) is 0 Å². The molecule has 0 unspecified atom stereocenters. The predicted octanol–water partition coefficient (Wildman–Crippen LogP) is 6.70. The van der Waals surface area contributed by atoms with Crippen molar-refractivity contribution in [1.82, 2.24) is 14.9 Å². The van der Waals surface area contributed by atoms with Gasteiger partial charge in [0.15, 0.2) is 0 Å². The van der Waals surface area contributed by atoms with E-state index in [0.717, 1.165) is 56.6 Å². The van der Waals surface area contributed by atoms with Gasteiger partial charge in [-0.2, -0.15) is 5.10 Å². The largest absolute Gasteiger partial charge is 0.371 e. The van der Waals surface area contributed by atoms with Gasteiger partial charge in [0.05, 0.1) is 17.9 Å². The Morgan fingerprint density at radius 3 is 2.54 bits per heavy atom. The summed E-state index contributed by atoms with van der Waals surface area (Å²) in [6, 6.07) is 18.1. The van der Waals surface area contributed by atoms with E-state index in [-0.39, 0.29) is 11.2 Å². The normalized spacial score (nSPS) is 25.4. The van der Waals surface area contributed by atoms with E-state index in [9.17, 15) is 0 Å². The molecule has 0 saturated carbocycles. The number of para-hydroxylation sites is 1. The summed E-state index contributed by atoms with van der Waals surface area (Å²) in [5.41, 5.74) is 6.40. The molecule has 2 aromatic heterocycles. The number of piperidine rings is 1. The van der Waals surface area contributed by atoms with Gasteiger partial charge in [0, 0.05) is 52.5 Å². The minimum Gasteiger partial charge on any atom is -0.371 e. The molecule has 0 spiro atoms. The fourth-order valence-electron chi connectivity index (χ4n) is 7.62. The topological polar surface area (TPSA) is 47.1 Å². The molecular formula is C31H33FN4O. The molecule has 6 heteroatoms. The lowest BCUT2D eigenvalue weighted by molar-refractivity contribution is 0.161. The minimum atomic E-state index is -0.195. The maximum absolute atomic E-state index is 15.1. The second-order valence-electron chi connectivity index (χ2n) is 11.4. The molecule has 5 nitrogen and oxygen atoms in total. The summed E-state index contributed by atoms with van der Waals surface area (Å²) in [6.45, 7) is 6.67. The minimum absolute atomic E-state index is 0.0986. The van der Waals surface area contributed by atoms with Gasteiger partial charge >= 0.3 is 0 Å². The Hall–Kier alpha value is -3.41. The van der Waals surface area contributed by atoms with Crippen molar-refractivity contribution >= 4 is 5.69 Å². The van der Waals surface area contributed by atoms with Crippen molar-refractivity contribution in [3.05, 3.63) is 89.2 Å². The lowest BCUT2D eigenvalue weighted by Gasteiger charge is -2.48. The number of hydrogen-bond acceptors (Lipinski definition) is 4. The van der Waals surface area contributed by atoms with Crippen LogP contribution in [0.4, 0.5) is 10.1 Å². The molecule has 4 aromatic rings. The molecule has 3 atom stereocenters. The Labute approximate surface area is 217 Å². The first-order chi connectivity index (χ1) is 18.0. The van der Waals surface area contributed by atoms with Crippen molar-refractivity contribution in [2.24, 2.45) is 5.92 Å². The van der Waals surface area contributed by atoms with Crippen molar-refractivity contribution in [3.63, 3.8) is 0 Å². The second-order valence-corrected chi connectivity index (χ2v) is 11.4. The molecule has 7 rings (SSSR count). The average molecular weight is 497 g/mol. The first-order valence-electron chi connectivity index (χ1n) is 13.6. The van der Waals surface area contributed by atoms with Crippen LogP contribution in [0.2, 0.25) is 0 Å². The molecule has 3 heterocycles. The number of anilines is 1. The van der Waals surface area contributed by atoms with Gasteiger partial charge in [-0.3, -0.25) is 4.68 Å². The van der Waals surface area contributed by atoms with E-state index in [1.807, 2.05) is 18.3 Å². The number of nitrogens with zero attached hydrogens (tertiary/aromatic N) is 4. The lowest BCUT2D eigenvalue weighted by Crippen LogP contribution is -2.46. The molecule has 0 amide bonds. The van der Waals surface area contributed by atoms with E-state index in [4.69, 9.17) is 9.62 Å². The van der Waals surface area contributed by atoms with Crippen molar-refractivity contribution in [1.29, 1.82) is 0 Å². The molecule has 2 aromatic carbocycles. The van der Waals surface area contributed by atoms with E-state index < -0.39 is 0 Å². The molecule has 0 bridgehead atoms. The van der Waals surface area contributed by atoms with Gasteiger partial charge in [-0.1, -0.05) is 49.3 Å². The highest BCUT2D eigenvalue weighted by atomic mass is 19.1. The Bertz CT molecular complexity index is 1430. The summed E-state index contributed by atoms with van der Waals surface area (Å²) in [5, 5.41) is 9.43. The second kappa shape index (κ2) is 8.57. The standard InChI is InChI=1S/C31H33FN4O/c1-20-26-13-12-25-28(24-10-6-7-11-27(24)32)34-36(30(25)31(26,2)18-21-19-33-37-29(20)21)23-14-16-35(17-15-23)22-8-4-3-5-9-22/h3-11,19-20,23,26H,12-18H2,1-2H3/t20-,26-,31-/m1/s1. The van der Waals surface area contributed by atoms with Gasteiger partial charge in [-0.15, -0.1) is 0 Å². The SMILES string of the molecule is C[C@H]1c2oncc2C[C@@]2(C)c3c(c(-c4ccccc4F)nn3C3CCN(c4ccccc4)CC3)CC[C@H]12. The first-order valence-corrected chi connectivity index (χ1v) is 13.6. The number of benzene rings is 2. The smallest absolute Gasteiger partial charge is 0.143 e. The zero-order chi connectivity index (χ0) is 25.1. The van der Waals surface area contributed by atoms with E-state index in [1.165, 1.54) is 22.5 Å². The number of hydrogen-bond donors (Lipinski definition) is 0. The molecule has 1 aliphatic heterocycles. The average Bonchev–Trinajstić information content (AvgIpc) is 3.55. The summed E-state index contributed by atoms with van der Waals surface area (Å²) < 4.78 is 23.1. The van der Waals surface area contributed by atoms with Crippen LogP contribution in [0.3, 0.4) is 0 Å². The van der Waals surface area contributed by atoms with Gasteiger partial charge in [0.2, 0.25) is 0 Å². The molecule has 1 saturated heterocycles. The molecule has 0 N–H and O–H groups in total. The van der Waals surface area contributed by atoms with Crippen molar-refractivity contribution < 1.29 is 8.91 Å². The Morgan fingerprint density at radius 2 is 1.76 bits per heavy atom.